The summed E-state index contributed by atoms with van der Waals surface area (Å²) in [6.45, 7) is 19.2. The zero-order chi connectivity index (χ0) is 56.4. The monoisotopic (exact) mass is 1170 g/mol. The van der Waals surface area contributed by atoms with Crippen molar-refractivity contribution in [3.8, 4) is 11.4 Å². The standard InChI is InChI=1S/C26H25FN6O2S.C18H20ClN5O2S.C14H17BFNO2/c1-34-17-13-32(14-17)12-15-8-20-22-23(36-26(20)29-11-15)25(33-4-6-35-7-5-33)31-24(30-22)19-9-16(27)10-21-18(19)2-3-28-21;1-25-12-9-23(10-12)8-11-6-13-14-15(27-17(13)20-7-11)16(22-18(19)21-14)24-2-4-26-5-3-24;1-13(2)14(3,4)19-15(18-13)11-7-9(16)8-12-10(11)5-6-17-12/h2-3,8-11,17,28H,4-7,12-14H2,1H3;6-7,12H,2-5,8-10H2,1H3;5-8,17H,1-4H3. The van der Waals surface area contributed by atoms with Crippen LogP contribution in [0, 0.1) is 11.6 Å². The van der Waals surface area contributed by atoms with Crippen LogP contribution in [0.3, 0.4) is 0 Å². The SMILES string of the molecule is CC1(C)OB(c2cc(F)cc3[nH]ccc23)OC1(C)C.COC1CN(Cc2cnc3sc4c(N5CCOCC5)nc(-c5cc(F)cc6[nH]ccc56)nc4c3c2)C1.COC1CN(Cc2cnc3sc4c(N5CCOCC5)nc(Cl)nc4c3c2)C1. The fraction of sp³-hybridized carbons (Fsp3) is 0.414. The molecule has 2 N–H and O–H groups in total. The molecule has 0 bridgehead atoms. The van der Waals surface area contributed by atoms with Crippen LogP contribution in [-0.4, -0.2) is 173 Å². The number of thiophene rings is 2. The largest absolute Gasteiger partial charge is 0.495 e. The van der Waals surface area contributed by atoms with Gasteiger partial charge in [0.25, 0.3) is 0 Å². The van der Waals surface area contributed by atoms with Gasteiger partial charge < -0.3 is 48.0 Å². The van der Waals surface area contributed by atoms with E-state index in [-0.39, 0.29) is 16.9 Å². The van der Waals surface area contributed by atoms with E-state index in [1.165, 1.54) is 29.8 Å². The Morgan fingerprint density at radius 2 is 1.12 bits per heavy atom. The molecule has 24 heteroatoms. The third-order valence-corrected chi connectivity index (χ3v) is 18.8. The summed E-state index contributed by atoms with van der Waals surface area (Å²) in [6, 6.07) is 14.2. The van der Waals surface area contributed by atoms with Gasteiger partial charge in [-0.25, -0.2) is 33.7 Å². The van der Waals surface area contributed by atoms with Crippen molar-refractivity contribution in [2.24, 2.45) is 0 Å². The molecule has 0 unspecified atom stereocenters. The summed E-state index contributed by atoms with van der Waals surface area (Å²) in [6.07, 6.45) is 8.18. The van der Waals surface area contributed by atoms with Gasteiger partial charge in [-0.15, -0.1) is 22.7 Å². The Morgan fingerprint density at radius 3 is 1.66 bits per heavy atom. The number of morpholine rings is 2. The molecule has 5 aliphatic heterocycles. The Hall–Kier alpha value is -6.09. The molecular weight excluding hydrogens is 1110 g/mol. The van der Waals surface area contributed by atoms with E-state index in [4.69, 9.17) is 59.8 Å². The van der Waals surface area contributed by atoms with Crippen LogP contribution in [0.4, 0.5) is 20.4 Å². The van der Waals surface area contributed by atoms with Gasteiger partial charge in [0.2, 0.25) is 5.28 Å². The molecule has 8 aromatic heterocycles. The summed E-state index contributed by atoms with van der Waals surface area (Å²) in [7, 11) is 2.98. The van der Waals surface area contributed by atoms with Crippen molar-refractivity contribution in [1.82, 2.24) is 49.7 Å². The minimum atomic E-state index is -0.543. The predicted octanol–water partition coefficient (Wildman–Crippen LogP) is 9.36. The molecule has 5 saturated heterocycles. The maximum atomic E-state index is 14.6. The second kappa shape index (κ2) is 22.5. The van der Waals surface area contributed by atoms with E-state index >= 15 is 0 Å². The second-order valence-electron chi connectivity index (χ2n) is 22.4. The number of likely N-dealkylation sites (tertiary alicyclic amines) is 2. The highest BCUT2D eigenvalue weighted by Crippen LogP contribution is 2.42. The van der Waals surface area contributed by atoms with Crippen LogP contribution < -0.4 is 15.3 Å². The lowest BCUT2D eigenvalue weighted by molar-refractivity contribution is -0.0334. The van der Waals surface area contributed by atoms with Gasteiger partial charge >= 0.3 is 7.12 Å². The number of aromatic nitrogens is 8. The lowest BCUT2D eigenvalue weighted by atomic mass is 9.77. The van der Waals surface area contributed by atoms with E-state index in [0.717, 1.165) is 151 Å². The number of hydrogen-bond donors (Lipinski definition) is 2. The van der Waals surface area contributed by atoms with Gasteiger partial charge in [0, 0.05) is 137 Å². The molecule has 15 rings (SSSR count). The molecule has 0 amide bonds. The average Bonchev–Trinajstić information content (AvgIpc) is 3.20. The first-order valence-corrected chi connectivity index (χ1v) is 29.6. The number of benzene rings is 2. The van der Waals surface area contributed by atoms with Crippen molar-refractivity contribution in [1.29, 1.82) is 0 Å². The van der Waals surface area contributed by atoms with Gasteiger partial charge in [0.1, 0.15) is 21.3 Å². The maximum Gasteiger partial charge on any atom is 0.495 e. The number of ether oxygens (including phenoxy) is 4. The Bertz CT molecular complexity index is 3970. The summed E-state index contributed by atoms with van der Waals surface area (Å²) >= 11 is 9.51. The maximum absolute atomic E-state index is 14.6. The highest BCUT2D eigenvalue weighted by molar-refractivity contribution is 7.26. The quantitative estimate of drug-likeness (QED) is 0.0977. The van der Waals surface area contributed by atoms with Crippen molar-refractivity contribution >= 4 is 121 Å². The van der Waals surface area contributed by atoms with Gasteiger partial charge in [0.05, 0.1) is 70.3 Å². The van der Waals surface area contributed by atoms with Crippen molar-refractivity contribution in [3.63, 3.8) is 0 Å². The highest BCUT2D eigenvalue weighted by atomic mass is 35.5. The minimum absolute atomic E-state index is 0.278. The molecule has 0 aliphatic carbocycles. The summed E-state index contributed by atoms with van der Waals surface area (Å²) in [5, 5.41) is 4.17. The number of pyridine rings is 2. The Kier molecular flexibility index (Phi) is 15.1. The van der Waals surface area contributed by atoms with Gasteiger partial charge in [-0.05, 0) is 110 Å². The number of fused-ring (bicyclic) bond motifs is 8. The van der Waals surface area contributed by atoms with Gasteiger partial charge in [-0.3, -0.25) is 9.80 Å². The number of methoxy groups -OCH3 is 2. The van der Waals surface area contributed by atoms with Crippen LogP contribution >= 0.6 is 34.3 Å². The summed E-state index contributed by atoms with van der Waals surface area (Å²) in [4.78, 5) is 45.8. The number of nitrogens with zero attached hydrogens (tertiary/aromatic N) is 10. The third-order valence-electron chi connectivity index (χ3n) is 16.4. The number of hydrogen-bond acceptors (Lipinski definition) is 18. The summed E-state index contributed by atoms with van der Waals surface area (Å²) in [5.74, 6) is 1.66. The zero-order valence-corrected chi connectivity index (χ0v) is 48.8. The fourth-order valence-corrected chi connectivity index (χ4v) is 13.5. The number of rotatable bonds is 10. The number of anilines is 2. The van der Waals surface area contributed by atoms with Crippen LogP contribution in [0.15, 0.2) is 73.3 Å². The molecule has 18 nitrogen and oxygen atoms in total. The minimum Gasteiger partial charge on any atom is -0.399 e. The number of halogens is 3. The molecule has 5 fully saturated rings. The lowest BCUT2D eigenvalue weighted by Crippen LogP contribution is -2.50. The number of nitrogens with one attached hydrogen (secondary N) is 2. The van der Waals surface area contributed by atoms with E-state index in [1.807, 2.05) is 58.4 Å². The van der Waals surface area contributed by atoms with Crippen LogP contribution in [0.25, 0.3) is 74.1 Å². The number of aromatic amines is 2. The summed E-state index contributed by atoms with van der Waals surface area (Å²) in [5.41, 5.74) is 6.12. The normalized spacial score (nSPS) is 18.9. The lowest BCUT2D eigenvalue weighted by Gasteiger charge is -2.38. The van der Waals surface area contributed by atoms with Crippen molar-refractivity contribution in [2.75, 3.05) is 103 Å². The number of H-pyrrole nitrogens is 2. The first-order chi connectivity index (χ1) is 39.7. The van der Waals surface area contributed by atoms with E-state index < -0.39 is 18.3 Å². The molecule has 0 atom stereocenters. The van der Waals surface area contributed by atoms with Gasteiger partial charge in [0.15, 0.2) is 17.5 Å². The Labute approximate surface area is 485 Å². The molecule has 82 heavy (non-hydrogen) atoms. The van der Waals surface area contributed by atoms with E-state index in [1.54, 1.807) is 43.1 Å². The Balaban J connectivity index is 0.000000122. The highest BCUT2D eigenvalue weighted by Gasteiger charge is 2.52. The van der Waals surface area contributed by atoms with E-state index in [9.17, 15) is 8.78 Å². The molecule has 13 heterocycles. The van der Waals surface area contributed by atoms with Crippen LogP contribution in [0.1, 0.15) is 38.8 Å². The molecule has 0 radical (unpaired) electrons. The van der Waals surface area contributed by atoms with Crippen molar-refractivity contribution < 1.29 is 37.0 Å². The average molecular weight is 1170 g/mol. The molecule has 5 aliphatic rings. The smallest absolute Gasteiger partial charge is 0.399 e. The van der Waals surface area contributed by atoms with Gasteiger partial charge in [-0.1, -0.05) is 0 Å². The molecular formula is C58H62BClF2N12O6S2. The summed E-state index contributed by atoms with van der Waals surface area (Å²) < 4.78 is 64.1. The van der Waals surface area contributed by atoms with E-state index in [0.29, 0.717) is 50.0 Å². The third kappa shape index (κ3) is 10.8. The van der Waals surface area contributed by atoms with Crippen molar-refractivity contribution in [3.05, 3.63) is 101 Å². The molecule has 426 valence electrons. The second-order valence-corrected chi connectivity index (χ2v) is 24.7. The first kappa shape index (κ1) is 55.1. The zero-order valence-electron chi connectivity index (χ0n) is 46.4. The fourth-order valence-electron chi connectivity index (χ4n) is 11.1. The van der Waals surface area contributed by atoms with Gasteiger partial charge in [-0.2, -0.15) is 4.98 Å². The molecule has 2 aromatic carbocycles. The first-order valence-electron chi connectivity index (χ1n) is 27.6. The van der Waals surface area contributed by atoms with E-state index in [2.05, 4.69) is 51.7 Å². The molecule has 0 saturated carbocycles. The van der Waals surface area contributed by atoms with Crippen LogP contribution in [0.2, 0.25) is 5.28 Å². The molecule has 0 spiro atoms. The predicted molar refractivity (Wildman–Crippen MR) is 320 cm³/mol. The molecule has 10 aromatic rings. The Morgan fingerprint density at radius 1 is 0.634 bits per heavy atom. The van der Waals surface area contributed by atoms with Crippen molar-refractivity contribution in [2.45, 2.75) is 64.2 Å². The topological polar surface area (TPSA) is 177 Å². The van der Waals surface area contributed by atoms with Crippen LogP contribution in [0.5, 0.6) is 0 Å². The van der Waals surface area contributed by atoms with Crippen LogP contribution in [-0.2, 0) is 41.3 Å².